The molecule has 1 N–H and O–H groups in total. The predicted octanol–water partition coefficient (Wildman–Crippen LogP) is 1.65. The summed E-state index contributed by atoms with van der Waals surface area (Å²) >= 11 is 1.37. The number of nitro groups is 1. The standard InChI is InChI=1S/C13H11N7O3S/c1-8-6-14-13(24-8)15-11(21)7-19-17-12(16-18-19)9-2-4-10(5-3-9)20(22)23/h2-6H,7H2,1H3,(H,14,15,21). The van der Waals surface area contributed by atoms with Gasteiger partial charge in [0, 0.05) is 28.8 Å². The van der Waals surface area contributed by atoms with Gasteiger partial charge in [0.2, 0.25) is 11.7 Å². The summed E-state index contributed by atoms with van der Waals surface area (Å²) in [6.45, 7) is 1.78. The molecule has 0 unspecified atom stereocenters. The maximum Gasteiger partial charge on any atom is 0.269 e. The van der Waals surface area contributed by atoms with Crippen LogP contribution in [-0.2, 0) is 11.3 Å². The number of thiazole rings is 1. The Hall–Kier alpha value is -3.21. The Balaban J connectivity index is 1.66. The average Bonchev–Trinajstić information content (AvgIpc) is 3.16. The van der Waals surface area contributed by atoms with Crippen LogP contribution in [0.15, 0.2) is 30.5 Å². The largest absolute Gasteiger partial charge is 0.300 e. The van der Waals surface area contributed by atoms with Crippen molar-refractivity contribution in [2.24, 2.45) is 0 Å². The zero-order valence-corrected chi connectivity index (χ0v) is 13.2. The summed E-state index contributed by atoms with van der Waals surface area (Å²) in [6, 6.07) is 5.76. The number of aryl methyl sites for hydroxylation is 1. The van der Waals surface area contributed by atoms with Gasteiger partial charge in [0.05, 0.1) is 4.92 Å². The van der Waals surface area contributed by atoms with Gasteiger partial charge in [-0.3, -0.25) is 14.9 Å². The number of nitrogens with one attached hydrogen (secondary N) is 1. The van der Waals surface area contributed by atoms with Crippen LogP contribution in [0.3, 0.4) is 0 Å². The van der Waals surface area contributed by atoms with E-state index in [1.54, 1.807) is 6.20 Å². The van der Waals surface area contributed by atoms with Crippen LogP contribution < -0.4 is 5.32 Å². The fourth-order valence-electron chi connectivity index (χ4n) is 1.86. The predicted molar refractivity (Wildman–Crippen MR) is 85.4 cm³/mol. The third-order valence-electron chi connectivity index (χ3n) is 2.94. The van der Waals surface area contributed by atoms with Crippen LogP contribution in [0.1, 0.15) is 4.88 Å². The second-order valence-electron chi connectivity index (χ2n) is 4.77. The van der Waals surface area contributed by atoms with E-state index >= 15 is 0 Å². The summed E-state index contributed by atoms with van der Waals surface area (Å²) in [4.78, 5) is 28.2. The van der Waals surface area contributed by atoms with E-state index in [4.69, 9.17) is 0 Å². The first kappa shape index (κ1) is 15.7. The molecule has 2 heterocycles. The Labute approximate surface area is 139 Å². The summed E-state index contributed by atoms with van der Waals surface area (Å²) in [7, 11) is 0. The monoisotopic (exact) mass is 345 g/mol. The molecule has 122 valence electrons. The molecule has 0 spiro atoms. The second kappa shape index (κ2) is 6.50. The van der Waals surface area contributed by atoms with E-state index in [0.717, 1.165) is 9.67 Å². The molecule has 11 heteroatoms. The third-order valence-corrected chi connectivity index (χ3v) is 3.77. The van der Waals surface area contributed by atoms with Crippen molar-refractivity contribution in [3.63, 3.8) is 0 Å². The molecule has 3 rings (SSSR count). The van der Waals surface area contributed by atoms with Gasteiger partial charge < -0.3 is 5.32 Å². The van der Waals surface area contributed by atoms with Crippen LogP contribution >= 0.6 is 11.3 Å². The minimum atomic E-state index is -0.487. The van der Waals surface area contributed by atoms with Gasteiger partial charge >= 0.3 is 0 Å². The van der Waals surface area contributed by atoms with Crippen molar-refractivity contribution in [1.29, 1.82) is 0 Å². The van der Waals surface area contributed by atoms with Crippen molar-refractivity contribution < 1.29 is 9.72 Å². The molecule has 3 aromatic rings. The number of anilines is 1. The highest BCUT2D eigenvalue weighted by Gasteiger charge is 2.12. The number of hydrogen-bond acceptors (Lipinski definition) is 8. The van der Waals surface area contributed by atoms with Crippen molar-refractivity contribution in [2.75, 3.05) is 5.32 Å². The number of amides is 1. The van der Waals surface area contributed by atoms with Crippen LogP contribution in [0.2, 0.25) is 0 Å². The highest BCUT2D eigenvalue weighted by atomic mass is 32.1. The maximum absolute atomic E-state index is 11.9. The number of nitrogens with zero attached hydrogens (tertiary/aromatic N) is 6. The lowest BCUT2D eigenvalue weighted by molar-refractivity contribution is -0.384. The number of carbonyl (C=O) groups excluding carboxylic acids is 1. The Kier molecular flexibility index (Phi) is 4.24. The molecule has 0 bridgehead atoms. The number of aromatic nitrogens is 5. The molecule has 10 nitrogen and oxygen atoms in total. The molecular weight excluding hydrogens is 334 g/mol. The summed E-state index contributed by atoms with van der Waals surface area (Å²) in [5.74, 6) is -0.0419. The van der Waals surface area contributed by atoms with Gasteiger partial charge in [0.15, 0.2) is 5.13 Å². The van der Waals surface area contributed by atoms with E-state index < -0.39 is 4.92 Å². The summed E-state index contributed by atoms with van der Waals surface area (Å²) in [5.41, 5.74) is 0.548. The number of rotatable bonds is 5. The number of non-ortho nitro benzene ring substituents is 1. The van der Waals surface area contributed by atoms with E-state index in [-0.39, 0.29) is 24.0 Å². The number of nitro benzene ring substituents is 1. The molecule has 0 aliphatic carbocycles. The average molecular weight is 345 g/mol. The lowest BCUT2D eigenvalue weighted by Crippen LogP contribution is -2.20. The smallest absolute Gasteiger partial charge is 0.269 e. The third kappa shape index (κ3) is 3.57. The molecule has 0 aliphatic heterocycles. The van der Waals surface area contributed by atoms with Gasteiger partial charge in [0.1, 0.15) is 6.54 Å². The number of tetrazole rings is 1. The van der Waals surface area contributed by atoms with Gasteiger partial charge in [-0.05, 0) is 24.3 Å². The molecule has 0 saturated heterocycles. The first-order valence-corrected chi connectivity index (χ1v) is 7.58. The quantitative estimate of drug-likeness (QED) is 0.550. The second-order valence-corrected chi connectivity index (χ2v) is 6.01. The topological polar surface area (TPSA) is 129 Å². The van der Waals surface area contributed by atoms with E-state index in [2.05, 4.69) is 25.7 Å². The van der Waals surface area contributed by atoms with E-state index in [1.807, 2.05) is 6.92 Å². The van der Waals surface area contributed by atoms with Gasteiger partial charge in [-0.15, -0.1) is 21.5 Å². The first-order chi connectivity index (χ1) is 11.5. The van der Waals surface area contributed by atoms with E-state index in [9.17, 15) is 14.9 Å². The number of carbonyl (C=O) groups is 1. The minimum absolute atomic E-state index is 0.0238. The fraction of sp³-hybridized carbons (Fsp3) is 0.154. The Morgan fingerprint density at radius 3 is 2.75 bits per heavy atom. The highest BCUT2D eigenvalue weighted by Crippen LogP contribution is 2.19. The molecule has 0 aliphatic rings. The number of hydrogen-bond donors (Lipinski definition) is 1. The normalized spacial score (nSPS) is 10.5. The fourth-order valence-corrected chi connectivity index (χ4v) is 2.54. The lowest BCUT2D eigenvalue weighted by atomic mass is 10.2. The summed E-state index contributed by atoms with van der Waals surface area (Å²) in [5, 5.41) is 25.5. The molecule has 1 amide bonds. The lowest BCUT2D eigenvalue weighted by Gasteiger charge is -1.99. The summed E-state index contributed by atoms with van der Waals surface area (Å²) in [6.07, 6.45) is 1.67. The van der Waals surface area contributed by atoms with Crippen molar-refractivity contribution in [2.45, 2.75) is 13.5 Å². The van der Waals surface area contributed by atoms with Crippen LogP contribution in [-0.4, -0.2) is 36.0 Å². The van der Waals surface area contributed by atoms with Crippen molar-refractivity contribution in [1.82, 2.24) is 25.2 Å². The first-order valence-electron chi connectivity index (χ1n) is 6.76. The van der Waals surface area contributed by atoms with Crippen molar-refractivity contribution in [3.8, 4) is 11.4 Å². The van der Waals surface area contributed by atoms with Gasteiger partial charge in [-0.25, -0.2) is 4.98 Å². The molecule has 0 fully saturated rings. The highest BCUT2D eigenvalue weighted by molar-refractivity contribution is 7.15. The van der Waals surface area contributed by atoms with Crippen LogP contribution in [0.25, 0.3) is 11.4 Å². The Bertz CT molecular complexity index is 887. The maximum atomic E-state index is 11.9. The van der Waals surface area contributed by atoms with Crippen LogP contribution in [0, 0.1) is 17.0 Å². The van der Waals surface area contributed by atoms with Gasteiger partial charge in [-0.1, -0.05) is 0 Å². The molecule has 2 aromatic heterocycles. The van der Waals surface area contributed by atoms with Crippen molar-refractivity contribution in [3.05, 3.63) is 45.5 Å². The van der Waals surface area contributed by atoms with Crippen LogP contribution in [0.4, 0.5) is 10.8 Å². The SMILES string of the molecule is Cc1cnc(NC(=O)Cn2nnc(-c3ccc([N+](=O)[O-])cc3)n2)s1. The van der Waals surface area contributed by atoms with Crippen molar-refractivity contribution >= 4 is 28.1 Å². The molecule has 0 saturated carbocycles. The summed E-state index contributed by atoms with van der Waals surface area (Å²) < 4.78 is 0. The van der Waals surface area contributed by atoms with Gasteiger partial charge in [-0.2, -0.15) is 4.80 Å². The Morgan fingerprint density at radius 1 is 1.38 bits per heavy atom. The van der Waals surface area contributed by atoms with Gasteiger partial charge in [0.25, 0.3) is 5.69 Å². The molecule has 24 heavy (non-hydrogen) atoms. The molecule has 1 aromatic carbocycles. The van der Waals surface area contributed by atoms with Crippen LogP contribution in [0.5, 0.6) is 0 Å². The molecule has 0 atom stereocenters. The zero-order valence-electron chi connectivity index (χ0n) is 12.4. The number of benzene rings is 1. The zero-order chi connectivity index (χ0) is 17.1. The van der Waals surface area contributed by atoms with E-state index in [0.29, 0.717) is 10.7 Å². The minimum Gasteiger partial charge on any atom is -0.300 e. The molecular formula is C13H11N7O3S. The Morgan fingerprint density at radius 2 is 2.12 bits per heavy atom. The molecule has 0 radical (unpaired) electrons. The van der Waals surface area contributed by atoms with E-state index in [1.165, 1.54) is 35.6 Å².